The molecule has 3 amide bonds. The van der Waals surface area contributed by atoms with E-state index in [0.717, 1.165) is 25.0 Å². The zero-order valence-electron chi connectivity index (χ0n) is 17.3. The molecule has 1 aliphatic carbocycles. The maximum Gasteiger partial charge on any atom is 0.407 e. The van der Waals surface area contributed by atoms with E-state index >= 15 is 0 Å². The smallest absolute Gasteiger partial charge is 0.407 e. The number of urea groups is 1. The van der Waals surface area contributed by atoms with E-state index in [1.165, 1.54) is 12.1 Å². The molecule has 11 heteroatoms. The molecule has 2 rings (SSSR count). The number of carbonyl (C=O) groups excluding carboxylic acids is 2. The minimum atomic E-state index is -4.77. The molecule has 0 heterocycles. The molecule has 1 fully saturated rings. The van der Waals surface area contributed by atoms with Crippen molar-refractivity contribution >= 4 is 27.6 Å². The summed E-state index contributed by atoms with van der Waals surface area (Å²) in [5.74, 6) is -3.41. The normalized spacial score (nSPS) is 16.5. The summed E-state index contributed by atoms with van der Waals surface area (Å²) in [5, 5.41) is 7.88. The third-order valence-corrected chi connectivity index (χ3v) is 5.91. The van der Waals surface area contributed by atoms with Gasteiger partial charge in [-0.15, -0.1) is 0 Å². The van der Waals surface area contributed by atoms with E-state index in [1.807, 2.05) is 0 Å². The van der Waals surface area contributed by atoms with E-state index in [1.54, 1.807) is 27.7 Å². The number of anilines is 1. The molecule has 0 aromatic heterocycles. The monoisotopic (exact) mass is 447 g/mol. The number of alkyl halides is 2. The zero-order chi connectivity index (χ0) is 22.7. The molecule has 168 valence electrons. The predicted molar refractivity (Wildman–Crippen MR) is 107 cm³/mol. The van der Waals surface area contributed by atoms with E-state index in [9.17, 15) is 26.8 Å². The molecule has 0 spiro atoms. The maximum absolute atomic E-state index is 12.7. The first-order valence-electron chi connectivity index (χ1n) is 9.41. The number of carbonyl (C=O) groups is 2. The van der Waals surface area contributed by atoms with Crippen molar-refractivity contribution in [1.82, 2.24) is 10.6 Å². The highest BCUT2D eigenvalue weighted by molar-refractivity contribution is 7.91. The number of hydrogen-bond acceptors (Lipinski definition) is 5. The number of amides is 3. The van der Waals surface area contributed by atoms with Gasteiger partial charge in [-0.25, -0.2) is 18.0 Å². The van der Waals surface area contributed by atoms with Crippen LogP contribution >= 0.6 is 0 Å². The number of hydrogen-bond donors (Lipinski definition) is 3. The average Bonchev–Trinajstić information content (AvgIpc) is 3.44. The second-order valence-corrected chi connectivity index (χ2v) is 10.4. The van der Waals surface area contributed by atoms with Crippen LogP contribution in [0.3, 0.4) is 0 Å². The van der Waals surface area contributed by atoms with Gasteiger partial charge in [0.15, 0.2) is 0 Å². The molecule has 1 unspecified atom stereocenters. The molecule has 1 saturated carbocycles. The largest absolute Gasteiger partial charge is 0.444 e. The molecular weight excluding hydrogens is 420 g/mol. The van der Waals surface area contributed by atoms with E-state index in [0.29, 0.717) is 0 Å². The Morgan fingerprint density at radius 1 is 1.20 bits per heavy atom. The van der Waals surface area contributed by atoms with Crippen LogP contribution < -0.4 is 16.0 Å². The number of halogens is 2. The summed E-state index contributed by atoms with van der Waals surface area (Å²) in [6.07, 6.45) is 1.13. The van der Waals surface area contributed by atoms with Crippen molar-refractivity contribution in [1.29, 1.82) is 0 Å². The van der Waals surface area contributed by atoms with Crippen LogP contribution in [0, 0.1) is 5.92 Å². The first-order valence-corrected chi connectivity index (χ1v) is 11.0. The first-order chi connectivity index (χ1) is 13.7. The van der Waals surface area contributed by atoms with Crippen molar-refractivity contribution in [2.24, 2.45) is 5.92 Å². The third kappa shape index (κ3) is 6.54. The van der Waals surface area contributed by atoms with Gasteiger partial charge in [-0.1, -0.05) is 6.07 Å². The topological polar surface area (TPSA) is 114 Å². The van der Waals surface area contributed by atoms with Crippen molar-refractivity contribution in [3.8, 4) is 0 Å². The average molecular weight is 448 g/mol. The van der Waals surface area contributed by atoms with Gasteiger partial charge in [-0.2, -0.15) is 8.78 Å². The van der Waals surface area contributed by atoms with Crippen molar-refractivity contribution < 1.29 is 31.5 Å². The number of benzene rings is 1. The number of nitrogens with one attached hydrogen (secondary N) is 3. The van der Waals surface area contributed by atoms with Crippen molar-refractivity contribution in [3.63, 3.8) is 0 Å². The Hall–Kier alpha value is -2.43. The Labute approximate surface area is 174 Å². The highest BCUT2D eigenvalue weighted by atomic mass is 32.2. The van der Waals surface area contributed by atoms with Gasteiger partial charge in [0.1, 0.15) is 5.60 Å². The fourth-order valence-electron chi connectivity index (χ4n) is 2.86. The number of alkyl carbamates (subject to hydrolysis) is 1. The summed E-state index contributed by atoms with van der Waals surface area (Å²) in [7, 11) is -4.77. The molecule has 8 nitrogen and oxygen atoms in total. The number of sulfone groups is 1. The van der Waals surface area contributed by atoms with Crippen LogP contribution in [0.5, 0.6) is 0 Å². The standard InChI is InChI=1S/C19H27F2N3O5S/c1-18(2,3)29-17(26)22-11-19(4,12-8-9-12)24-16(25)23-13-6-5-7-14(10-13)30(27,28)15(20)21/h5-7,10,12,15H,8-9,11H2,1-4H3,(H,22,26)(H2,23,24,25). The summed E-state index contributed by atoms with van der Waals surface area (Å²) in [4.78, 5) is 23.8. The van der Waals surface area contributed by atoms with Crippen molar-refractivity contribution in [3.05, 3.63) is 24.3 Å². The summed E-state index contributed by atoms with van der Waals surface area (Å²) in [6.45, 7) is 7.11. The molecule has 30 heavy (non-hydrogen) atoms. The van der Waals surface area contributed by atoms with E-state index in [-0.39, 0.29) is 18.2 Å². The summed E-state index contributed by atoms with van der Waals surface area (Å²) in [6, 6.07) is 3.99. The first kappa shape index (κ1) is 23.8. The van der Waals surface area contributed by atoms with Crippen LogP contribution in [0.25, 0.3) is 0 Å². The Morgan fingerprint density at radius 2 is 1.83 bits per heavy atom. The molecule has 0 saturated heterocycles. The van der Waals surface area contributed by atoms with E-state index in [4.69, 9.17) is 4.74 Å². The Morgan fingerprint density at radius 3 is 2.37 bits per heavy atom. The van der Waals surface area contributed by atoms with Gasteiger partial charge in [-0.05, 0) is 64.7 Å². The van der Waals surface area contributed by atoms with Crippen molar-refractivity contribution in [2.75, 3.05) is 11.9 Å². The van der Waals surface area contributed by atoms with Gasteiger partial charge >= 0.3 is 17.9 Å². The van der Waals surface area contributed by atoms with Gasteiger partial charge < -0.3 is 20.7 Å². The van der Waals surface area contributed by atoms with Gasteiger partial charge in [0.25, 0.3) is 0 Å². The van der Waals surface area contributed by atoms with Gasteiger partial charge in [0.2, 0.25) is 9.84 Å². The molecule has 1 aliphatic rings. The van der Waals surface area contributed by atoms with Gasteiger partial charge in [-0.3, -0.25) is 0 Å². The van der Waals surface area contributed by atoms with Gasteiger partial charge in [0, 0.05) is 12.2 Å². The highest BCUT2D eigenvalue weighted by Gasteiger charge is 2.43. The number of ether oxygens (including phenoxy) is 1. The minimum absolute atomic E-state index is 0.0486. The summed E-state index contributed by atoms with van der Waals surface area (Å²) >= 11 is 0. The summed E-state index contributed by atoms with van der Waals surface area (Å²) in [5.41, 5.74) is -1.38. The van der Waals surface area contributed by atoms with Crippen LogP contribution in [-0.4, -0.2) is 44.0 Å². The SMILES string of the molecule is CC(C)(C)OC(=O)NCC(C)(NC(=O)Nc1cccc(S(=O)(=O)C(F)F)c1)C1CC1. The number of rotatable bonds is 7. The van der Waals surface area contributed by atoms with Crippen LogP contribution in [0.15, 0.2) is 29.2 Å². The van der Waals surface area contributed by atoms with Gasteiger partial charge in [0.05, 0.1) is 10.4 Å². The molecule has 0 aliphatic heterocycles. The zero-order valence-corrected chi connectivity index (χ0v) is 18.1. The molecular formula is C19H27F2N3O5S. The fraction of sp³-hybridized carbons (Fsp3) is 0.579. The molecule has 0 bridgehead atoms. The third-order valence-electron chi connectivity index (χ3n) is 4.53. The van der Waals surface area contributed by atoms with Crippen molar-refractivity contribution in [2.45, 2.75) is 62.3 Å². The summed E-state index contributed by atoms with van der Waals surface area (Å²) < 4.78 is 53.9. The second-order valence-electron chi connectivity index (χ2n) is 8.46. The lowest BCUT2D eigenvalue weighted by Crippen LogP contribution is -2.56. The Bertz CT molecular complexity index is 898. The van der Waals surface area contributed by atoms with Crippen LogP contribution in [0.4, 0.5) is 24.1 Å². The lowest BCUT2D eigenvalue weighted by molar-refractivity contribution is 0.0509. The lowest BCUT2D eigenvalue weighted by Gasteiger charge is -2.32. The molecule has 0 radical (unpaired) electrons. The Kier molecular flexibility index (Phi) is 6.95. The van der Waals surface area contributed by atoms with E-state index < -0.39 is 43.8 Å². The lowest BCUT2D eigenvalue weighted by atomic mass is 9.96. The molecule has 1 aromatic carbocycles. The second kappa shape index (κ2) is 8.75. The molecule has 1 atom stereocenters. The maximum atomic E-state index is 12.7. The Balaban J connectivity index is 2.03. The quantitative estimate of drug-likeness (QED) is 0.592. The van der Waals surface area contributed by atoms with Crippen LogP contribution in [-0.2, 0) is 14.6 Å². The fourth-order valence-corrected chi connectivity index (χ4v) is 3.62. The van der Waals surface area contributed by atoms with E-state index in [2.05, 4.69) is 16.0 Å². The molecule has 1 aromatic rings. The highest BCUT2D eigenvalue weighted by Crippen LogP contribution is 2.39. The molecule has 3 N–H and O–H groups in total. The van der Waals surface area contributed by atoms with Crippen LogP contribution in [0.1, 0.15) is 40.5 Å². The minimum Gasteiger partial charge on any atom is -0.444 e. The predicted octanol–water partition coefficient (Wildman–Crippen LogP) is 3.50. The van der Waals surface area contributed by atoms with Crippen LogP contribution in [0.2, 0.25) is 0 Å².